The number of rotatable bonds is 2. The first-order valence-corrected chi connectivity index (χ1v) is 9.06. The van der Waals surface area contributed by atoms with E-state index in [1.165, 1.54) is 16.0 Å². The quantitative estimate of drug-likeness (QED) is 0.857. The van der Waals surface area contributed by atoms with Crippen molar-refractivity contribution in [2.75, 3.05) is 36.4 Å². The molecule has 0 bridgehead atoms. The van der Waals surface area contributed by atoms with Crippen LogP contribution in [0.4, 0.5) is 21.0 Å². The highest BCUT2D eigenvalue weighted by Gasteiger charge is 2.23. The van der Waals surface area contributed by atoms with E-state index in [0.717, 1.165) is 11.4 Å². The van der Waals surface area contributed by atoms with Crippen LogP contribution in [0, 0.1) is 0 Å². The minimum atomic E-state index is -0.864. The maximum absolute atomic E-state index is 12.5. The third kappa shape index (κ3) is 3.67. The van der Waals surface area contributed by atoms with Crippen molar-refractivity contribution in [2.45, 2.75) is 13.1 Å². The molecule has 4 rings (SSSR count). The van der Waals surface area contributed by atoms with Crippen molar-refractivity contribution in [3.63, 3.8) is 0 Å². The first-order valence-electron chi connectivity index (χ1n) is 9.06. The number of nitrogens with one attached hydrogen (secondary N) is 1. The van der Waals surface area contributed by atoms with Crippen LogP contribution in [0.1, 0.15) is 11.1 Å². The number of hydrogen-bond acceptors (Lipinski definition) is 3. The molecule has 0 unspecified atom stereocenters. The maximum atomic E-state index is 12.5. The molecule has 7 heteroatoms. The highest BCUT2D eigenvalue weighted by molar-refractivity contribution is 5.90. The largest absolute Gasteiger partial charge is 0.465 e. The Morgan fingerprint density at radius 2 is 1.41 bits per heavy atom. The normalized spacial score (nSPS) is 16.2. The molecule has 7 nitrogen and oxygen atoms in total. The molecule has 0 aliphatic carbocycles. The molecule has 0 aromatic heterocycles. The van der Waals surface area contributed by atoms with Crippen molar-refractivity contribution < 1.29 is 14.7 Å². The SMILES string of the molecule is O=C(O)N1CCN(c2ccc(NC(=O)N3Cc4ccccc4C3)cc2)CC1. The molecule has 1 saturated heterocycles. The van der Waals surface area contributed by atoms with Gasteiger partial charge in [-0.1, -0.05) is 24.3 Å². The van der Waals surface area contributed by atoms with Crippen LogP contribution >= 0.6 is 0 Å². The first-order chi connectivity index (χ1) is 13.1. The van der Waals surface area contributed by atoms with E-state index in [4.69, 9.17) is 5.11 Å². The fourth-order valence-corrected chi connectivity index (χ4v) is 3.59. The summed E-state index contributed by atoms with van der Waals surface area (Å²) in [7, 11) is 0. The van der Waals surface area contributed by atoms with Crippen molar-refractivity contribution in [1.82, 2.24) is 9.80 Å². The van der Waals surface area contributed by atoms with Gasteiger partial charge in [0.15, 0.2) is 0 Å². The molecule has 0 atom stereocenters. The summed E-state index contributed by atoms with van der Waals surface area (Å²) >= 11 is 0. The van der Waals surface area contributed by atoms with Gasteiger partial charge < -0.3 is 25.1 Å². The lowest BCUT2D eigenvalue weighted by atomic mass is 10.1. The van der Waals surface area contributed by atoms with E-state index in [1.807, 2.05) is 36.4 Å². The second kappa shape index (κ2) is 7.19. The Bertz CT molecular complexity index is 820. The number of carboxylic acid groups (broad SMARTS) is 1. The van der Waals surface area contributed by atoms with Crippen LogP contribution in [0.2, 0.25) is 0 Å². The molecule has 3 amide bonds. The van der Waals surface area contributed by atoms with Gasteiger partial charge >= 0.3 is 12.1 Å². The fraction of sp³-hybridized carbons (Fsp3) is 0.300. The molecular formula is C20H22N4O3. The summed E-state index contributed by atoms with van der Waals surface area (Å²) in [5, 5.41) is 12.0. The Balaban J connectivity index is 1.33. The van der Waals surface area contributed by atoms with E-state index in [0.29, 0.717) is 39.3 Å². The Morgan fingerprint density at radius 3 is 1.96 bits per heavy atom. The van der Waals surface area contributed by atoms with Gasteiger partial charge in [0.1, 0.15) is 0 Å². The second-order valence-corrected chi connectivity index (χ2v) is 6.86. The molecule has 0 spiro atoms. The number of urea groups is 1. The number of amides is 3. The van der Waals surface area contributed by atoms with Crippen LogP contribution in [0.15, 0.2) is 48.5 Å². The van der Waals surface area contributed by atoms with E-state index in [1.54, 1.807) is 4.90 Å². The molecule has 140 valence electrons. The van der Waals surface area contributed by atoms with Crippen LogP contribution in [0.5, 0.6) is 0 Å². The highest BCUT2D eigenvalue weighted by Crippen LogP contribution is 2.24. The van der Waals surface area contributed by atoms with E-state index in [-0.39, 0.29) is 6.03 Å². The molecule has 2 aliphatic rings. The number of carbonyl (C=O) groups is 2. The van der Waals surface area contributed by atoms with Gasteiger partial charge in [0.25, 0.3) is 0 Å². The summed E-state index contributed by atoms with van der Waals surface area (Å²) < 4.78 is 0. The Labute approximate surface area is 157 Å². The monoisotopic (exact) mass is 366 g/mol. The Hall–Kier alpha value is -3.22. The smallest absolute Gasteiger partial charge is 0.407 e. The number of hydrogen-bond donors (Lipinski definition) is 2. The fourth-order valence-electron chi connectivity index (χ4n) is 3.59. The van der Waals surface area contributed by atoms with Crippen LogP contribution in [0.3, 0.4) is 0 Å². The zero-order valence-electron chi connectivity index (χ0n) is 15.0. The average Bonchev–Trinajstić information content (AvgIpc) is 3.13. The first kappa shape index (κ1) is 17.2. The van der Waals surface area contributed by atoms with E-state index < -0.39 is 6.09 Å². The van der Waals surface area contributed by atoms with Crippen molar-refractivity contribution in [1.29, 1.82) is 0 Å². The standard InChI is InChI=1S/C20H22N4O3/c25-19(24-13-15-3-1-2-4-16(15)14-24)21-17-5-7-18(8-6-17)22-9-11-23(12-10-22)20(26)27/h1-8H,9-14H2,(H,21,25)(H,26,27). The van der Waals surface area contributed by atoms with Gasteiger partial charge in [-0.3, -0.25) is 0 Å². The van der Waals surface area contributed by atoms with Crippen LogP contribution in [0.25, 0.3) is 0 Å². The summed E-state index contributed by atoms with van der Waals surface area (Å²) in [4.78, 5) is 28.9. The number of carbonyl (C=O) groups excluding carboxylic acids is 1. The topological polar surface area (TPSA) is 76.1 Å². The Morgan fingerprint density at radius 1 is 0.815 bits per heavy atom. The lowest BCUT2D eigenvalue weighted by Crippen LogP contribution is -2.48. The molecule has 27 heavy (non-hydrogen) atoms. The predicted molar refractivity (Wildman–Crippen MR) is 103 cm³/mol. The van der Waals surface area contributed by atoms with E-state index in [9.17, 15) is 9.59 Å². The number of anilines is 2. The van der Waals surface area contributed by atoms with Gasteiger partial charge in [0, 0.05) is 50.6 Å². The Kier molecular flexibility index (Phi) is 4.58. The summed E-state index contributed by atoms with van der Waals surface area (Å²) in [5.74, 6) is 0. The molecule has 1 fully saturated rings. The van der Waals surface area contributed by atoms with Crippen molar-refractivity contribution >= 4 is 23.5 Å². The molecule has 0 saturated carbocycles. The minimum Gasteiger partial charge on any atom is -0.465 e. The van der Waals surface area contributed by atoms with E-state index in [2.05, 4.69) is 22.3 Å². The van der Waals surface area contributed by atoms with Crippen LogP contribution < -0.4 is 10.2 Å². The average molecular weight is 366 g/mol. The number of piperazine rings is 1. The third-order valence-electron chi connectivity index (χ3n) is 5.16. The molecular weight excluding hydrogens is 344 g/mol. The van der Waals surface area contributed by atoms with Gasteiger partial charge in [-0.05, 0) is 35.4 Å². The number of benzene rings is 2. The summed E-state index contributed by atoms with van der Waals surface area (Å²) in [6.07, 6.45) is -0.864. The molecule has 2 N–H and O–H groups in total. The lowest BCUT2D eigenvalue weighted by Gasteiger charge is -2.34. The predicted octanol–water partition coefficient (Wildman–Crippen LogP) is 3.03. The summed E-state index contributed by atoms with van der Waals surface area (Å²) in [6.45, 7) is 3.61. The lowest BCUT2D eigenvalue weighted by molar-refractivity contribution is 0.142. The maximum Gasteiger partial charge on any atom is 0.407 e. The molecule has 2 aromatic carbocycles. The minimum absolute atomic E-state index is 0.103. The molecule has 2 aromatic rings. The van der Waals surface area contributed by atoms with Gasteiger partial charge in [-0.2, -0.15) is 0 Å². The van der Waals surface area contributed by atoms with Crippen molar-refractivity contribution in [3.05, 3.63) is 59.7 Å². The van der Waals surface area contributed by atoms with Crippen molar-refractivity contribution in [2.24, 2.45) is 0 Å². The zero-order valence-corrected chi connectivity index (χ0v) is 15.0. The highest BCUT2D eigenvalue weighted by atomic mass is 16.4. The zero-order chi connectivity index (χ0) is 18.8. The molecule has 2 aliphatic heterocycles. The van der Waals surface area contributed by atoms with Crippen molar-refractivity contribution in [3.8, 4) is 0 Å². The second-order valence-electron chi connectivity index (χ2n) is 6.86. The summed E-state index contributed by atoms with van der Waals surface area (Å²) in [6, 6.07) is 15.7. The van der Waals surface area contributed by atoms with Crippen LogP contribution in [-0.2, 0) is 13.1 Å². The number of nitrogens with zero attached hydrogens (tertiary/aromatic N) is 3. The summed E-state index contributed by atoms with van der Waals surface area (Å²) in [5.41, 5.74) is 4.18. The third-order valence-corrected chi connectivity index (χ3v) is 5.16. The van der Waals surface area contributed by atoms with Gasteiger partial charge in [0.2, 0.25) is 0 Å². The van der Waals surface area contributed by atoms with Gasteiger partial charge in [0.05, 0.1) is 0 Å². The van der Waals surface area contributed by atoms with E-state index >= 15 is 0 Å². The number of fused-ring (bicyclic) bond motifs is 1. The molecule has 0 radical (unpaired) electrons. The van der Waals surface area contributed by atoms with Gasteiger partial charge in [-0.25, -0.2) is 9.59 Å². The molecule has 2 heterocycles. The van der Waals surface area contributed by atoms with Gasteiger partial charge in [-0.15, -0.1) is 0 Å². The van der Waals surface area contributed by atoms with Crippen LogP contribution in [-0.4, -0.2) is 53.2 Å².